The number of piperidine rings is 1. The van der Waals surface area contributed by atoms with E-state index < -0.39 is 0 Å². The van der Waals surface area contributed by atoms with Crippen LogP contribution in [0.15, 0.2) is 66.3 Å². The van der Waals surface area contributed by atoms with Gasteiger partial charge in [-0.15, -0.1) is 0 Å². The highest BCUT2D eigenvalue weighted by atomic mass is 32.2. The first-order valence-corrected chi connectivity index (χ1v) is 13.8. The summed E-state index contributed by atoms with van der Waals surface area (Å²) in [5.74, 6) is -0.0674. The second-order valence-corrected chi connectivity index (χ2v) is 10.8. The van der Waals surface area contributed by atoms with Gasteiger partial charge in [-0.1, -0.05) is 43.0 Å². The van der Waals surface area contributed by atoms with Crippen molar-refractivity contribution in [3.8, 4) is 0 Å². The molecule has 7 nitrogen and oxygen atoms in total. The molecule has 3 N–H and O–H groups in total. The van der Waals surface area contributed by atoms with Crippen LogP contribution in [0.25, 0.3) is 16.5 Å². The van der Waals surface area contributed by atoms with E-state index in [1.165, 1.54) is 11.8 Å². The molecule has 3 heterocycles. The Morgan fingerprint density at radius 1 is 1.14 bits per heavy atom. The van der Waals surface area contributed by atoms with E-state index in [2.05, 4.69) is 45.9 Å². The predicted molar refractivity (Wildman–Crippen MR) is 150 cm³/mol. The van der Waals surface area contributed by atoms with Gasteiger partial charge >= 0.3 is 0 Å². The van der Waals surface area contributed by atoms with Gasteiger partial charge in [-0.3, -0.25) is 14.6 Å². The summed E-state index contributed by atoms with van der Waals surface area (Å²) in [6.45, 7) is 4.09. The van der Waals surface area contributed by atoms with Crippen LogP contribution in [0.1, 0.15) is 53.7 Å². The third-order valence-electron chi connectivity index (χ3n) is 7.13. The Kier molecular flexibility index (Phi) is 7.76. The van der Waals surface area contributed by atoms with Gasteiger partial charge in [0.25, 0.3) is 11.8 Å². The van der Waals surface area contributed by atoms with Crippen molar-refractivity contribution in [2.24, 2.45) is 0 Å². The van der Waals surface area contributed by atoms with Crippen LogP contribution in [-0.4, -0.2) is 53.3 Å². The molecule has 2 amide bonds. The largest absolute Gasteiger partial charge is 0.364 e. The molecule has 1 saturated heterocycles. The number of carbonyl (C=O) groups is 2. The lowest BCUT2D eigenvalue weighted by Crippen LogP contribution is -2.48. The Labute approximate surface area is 222 Å². The minimum absolute atomic E-state index is 0.0341. The van der Waals surface area contributed by atoms with Gasteiger partial charge in [0.15, 0.2) is 5.37 Å². The number of hydrogen-bond acceptors (Lipinski definition) is 6. The number of pyridine rings is 1. The van der Waals surface area contributed by atoms with Crippen LogP contribution >= 0.6 is 11.8 Å². The predicted octanol–water partition coefficient (Wildman–Crippen LogP) is 4.29. The molecule has 37 heavy (non-hydrogen) atoms. The number of rotatable bonds is 7. The SMILES string of the molecule is CCC(NC(=O)c1ccc2cnccc2c1)c1cccc(C2=CSC(C(=O)NC3CCN(C)CC3)N2)c1. The average Bonchev–Trinajstić information content (AvgIpc) is 3.43. The number of hydrogen-bond donors (Lipinski definition) is 3. The van der Waals surface area contributed by atoms with Crippen molar-refractivity contribution in [2.45, 2.75) is 43.6 Å². The molecular formula is C29H33N5O2S. The summed E-state index contributed by atoms with van der Waals surface area (Å²) in [6.07, 6.45) is 6.27. The van der Waals surface area contributed by atoms with Crippen LogP contribution in [-0.2, 0) is 4.79 Å². The fraction of sp³-hybridized carbons (Fsp3) is 0.345. The molecule has 0 saturated carbocycles. The van der Waals surface area contributed by atoms with E-state index in [1.54, 1.807) is 12.4 Å². The molecule has 1 fully saturated rings. The van der Waals surface area contributed by atoms with Crippen molar-refractivity contribution < 1.29 is 9.59 Å². The van der Waals surface area contributed by atoms with E-state index in [4.69, 9.17) is 0 Å². The molecule has 3 aromatic rings. The highest BCUT2D eigenvalue weighted by Crippen LogP contribution is 2.30. The smallest absolute Gasteiger partial charge is 0.253 e. The summed E-state index contributed by atoms with van der Waals surface area (Å²) in [4.78, 5) is 32.3. The topological polar surface area (TPSA) is 86.4 Å². The van der Waals surface area contributed by atoms with Gasteiger partial charge in [-0.05, 0) is 85.6 Å². The van der Waals surface area contributed by atoms with Crippen molar-refractivity contribution in [1.82, 2.24) is 25.8 Å². The van der Waals surface area contributed by atoms with E-state index >= 15 is 0 Å². The second-order valence-electron chi connectivity index (χ2n) is 9.78. The summed E-state index contributed by atoms with van der Waals surface area (Å²) in [5.41, 5.74) is 3.60. The summed E-state index contributed by atoms with van der Waals surface area (Å²) in [5, 5.41) is 13.5. The number of nitrogens with zero attached hydrogens (tertiary/aromatic N) is 2. The van der Waals surface area contributed by atoms with Crippen LogP contribution in [0, 0.1) is 0 Å². The first-order chi connectivity index (χ1) is 18.0. The fourth-order valence-electron chi connectivity index (χ4n) is 4.86. The van der Waals surface area contributed by atoms with E-state index in [-0.39, 0.29) is 29.3 Å². The van der Waals surface area contributed by atoms with Crippen molar-refractivity contribution in [2.75, 3.05) is 20.1 Å². The molecule has 0 aliphatic carbocycles. The van der Waals surface area contributed by atoms with Crippen molar-refractivity contribution in [1.29, 1.82) is 0 Å². The Bertz CT molecular complexity index is 1320. The van der Waals surface area contributed by atoms with Gasteiger partial charge in [0.2, 0.25) is 0 Å². The van der Waals surface area contributed by atoms with Crippen LogP contribution in [0.2, 0.25) is 0 Å². The van der Waals surface area contributed by atoms with E-state index in [0.29, 0.717) is 5.56 Å². The zero-order valence-corrected chi connectivity index (χ0v) is 22.1. The van der Waals surface area contributed by atoms with Gasteiger partial charge in [-0.25, -0.2) is 0 Å². The molecule has 2 aliphatic heterocycles. The van der Waals surface area contributed by atoms with E-state index in [9.17, 15) is 9.59 Å². The summed E-state index contributed by atoms with van der Waals surface area (Å²) < 4.78 is 0. The van der Waals surface area contributed by atoms with Crippen LogP contribution < -0.4 is 16.0 Å². The summed E-state index contributed by atoms with van der Waals surface area (Å²) in [6, 6.07) is 15.9. The molecule has 2 atom stereocenters. The van der Waals surface area contributed by atoms with Gasteiger partial charge in [0.1, 0.15) is 0 Å². The van der Waals surface area contributed by atoms with Gasteiger partial charge < -0.3 is 20.9 Å². The number of amides is 2. The Balaban J connectivity index is 1.22. The van der Waals surface area contributed by atoms with E-state index in [0.717, 1.165) is 59.9 Å². The lowest BCUT2D eigenvalue weighted by atomic mass is 10.00. The third-order valence-corrected chi connectivity index (χ3v) is 8.10. The Hall–Kier alpha value is -3.36. The molecular weight excluding hydrogens is 482 g/mol. The quantitative estimate of drug-likeness (QED) is 0.435. The molecule has 2 unspecified atom stereocenters. The van der Waals surface area contributed by atoms with Crippen LogP contribution in [0.3, 0.4) is 0 Å². The zero-order chi connectivity index (χ0) is 25.8. The normalized spacial score (nSPS) is 19.2. The molecule has 2 aromatic carbocycles. The van der Waals surface area contributed by atoms with Gasteiger partial charge in [0.05, 0.1) is 6.04 Å². The van der Waals surface area contributed by atoms with Gasteiger partial charge in [0, 0.05) is 35.1 Å². The standard InChI is InChI=1S/C29H33N5O2S/c1-3-25(32-27(35)22-7-8-23-17-30-12-9-19(23)15-22)20-5-4-6-21(16-20)26-18-37-29(33-26)28(36)31-24-10-13-34(2)14-11-24/h4-9,12,15-18,24-25,29,33H,3,10-11,13-14H2,1-2H3,(H,31,36)(H,32,35). The molecule has 0 spiro atoms. The summed E-state index contributed by atoms with van der Waals surface area (Å²) in [7, 11) is 2.12. The maximum absolute atomic E-state index is 13.1. The monoisotopic (exact) mass is 515 g/mol. The Morgan fingerprint density at radius 3 is 2.78 bits per heavy atom. The number of carbonyl (C=O) groups excluding carboxylic acids is 2. The number of fused-ring (bicyclic) bond motifs is 1. The maximum atomic E-state index is 13.1. The van der Waals surface area contributed by atoms with Gasteiger partial charge in [-0.2, -0.15) is 0 Å². The molecule has 2 aliphatic rings. The number of nitrogens with one attached hydrogen (secondary N) is 3. The molecule has 8 heteroatoms. The molecule has 1 aromatic heterocycles. The number of thioether (sulfide) groups is 1. The Morgan fingerprint density at radius 2 is 1.97 bits per heavy atom. The molecule has 0 radical (unpaired) electrons. The lowest BCUT2D eigenvalue weighted by molar-refractivity contribution is -0.121. The first kappa shape index (κ1) is 25.3. The first-order valence-electron chi connectivity index (χ1n) is 12.9. The zero-order valence-electron chi connectivity index (χ0n) is 21.2. The van der Waals surface area contributed by atoms with Crippen LogP contribution in [0.4, 0.5) is 0 Å². The number of likely N-dealkylation sites (tertiary alicyclic amines) is 1. The number of aromatic nitrogens is 1. The fourth-order valence-corrected chi connectivity index (χ4v) is 5.73. The minimum Gasteiger partial charge on any atom is -0.364 e. The number of benzene rings is 2. The van der Waals surface area contributed by atoms with Crippen LogP contribution in [0.5, 0.6) is 0 Å². The maximum Gasteiger partial charge on any atom is 0.253 e. The molecule has 192 valence electrons. The average molecular weight is 516 g/mol. The third kappa shape index (κ3) is 5.97. The molecule has 5 rings (SSSR count). The highest BCUT2D eigenvalue weighted by molar-refractivity contribution is 8.03. The van der Waals surface area contributed by atoms with Crippen molar-refractivity contribution >= 4 is 40.0 Å². The highest BCUT2D eigenvalue weighted by Gasteiger charge is 2.28. The van der Waals surface area contributed by atoms with Crippen molar-refractivity contribution in [3.05, 3.63) is 83.0 Å². The molecule has 0 bridgehead atoms. The lowest BCUT2D eigenvalue weighted by Gasteiger charge is -2.30. The summed E-state index contributed by atoms with van der Waals surface area (Å²) >= 11 is 1.50. The second kappa shape index (κ2) is 11.4. The van der Waals surface area contributed by atoms with Crippen molar-refractivity contribution in [3.63, 3.8) is 0 Å². The minimum atomic E-state index is -0.330. The van der Waals surface area contributed by atoms with E-state index in [1.807, 2.05) is 47.9 Å².